The van der Waals surface area contributed by atoms with Crippen molar-refractivity contribution >= 4 is 5.91 Å². The molecule has 170 valence electrons. The van der Waals surface area contributed by atoms with Gasteiger partial charge < -0.3 is 14.4 Å². The molecule has 1 atom stereocenters. The van der Waals surface area contributed by atoms with Gasteiger partial charge in [-0.1, -0.05) is 12.1 Å². The first-order chi connectivity index (χ1) is 16.1. The summed E-state index contributed by atoms with van der Waals surface area (Å²) in [6, 6.07) is 14.6. The van der Waals surface area contributed by atoms with Crippen molar-refractivity contribution in [3.05, 3.63) is 76.3 Å². The largest absolute Gasteiger partial charge is 0.486 e. The van der Waals surface area contributed by atoms with Crippen molar-refractivity contribution in [3.63, 3.8) is 0 Å². The second-order valence-electron chi connectivity index (χ2n) is 8.28. The van der Waals surface area contributed by atoms with Crippen LogP contribution in [0.15, 0.2) is 59.4 Å². The van der Waals surface area contributed by atoms with Crippen molar-refractivity contribution in [2.75, 3.05) is 19.8 Å². The number of hydrogen-bond donors (Lipinski definition) is 0. The van der Waals surface area contributed by atoms with Gasteiger partial charge in [0, 0.05) is 18.2 Å². The highest BCUT2D eigenvalue weighted by atomic mass is 19.1. The normalized spacial score (nSPS) is 17.2. The zero-order valence-corrected chi connectivity index (χ0v) is 18.1. The second kappa shape index (κ2) is 9.05. The van der Waals surface area contributed by atoms with Gasteiger partial charge in [0.2, 0.25) is 5.91 Å². The summed E-state index contributed by atoms with van der Waals surface area (Å²) < 4.78 is 25.8. The third kappa shape index (κ3) is 4.60. The van der Waals surface area contributed by atoms with E-state index < -0.39 is 0 Å². The summed E-state index contributed by atoms with van der Waals surface area (Å²) in [6.45, 7) is 1.98. The van der Waals surface area contributed by atoms with E-state index >= 15 is 0 Å². The second-order valence-corrected chi connectivity index (χ2v) is 8.28. The Bertz CT molecular complexity index is 1230. The molecule has 0 aliphatic carbocycles. The van der Waals surface area contributed by atoms with Crippen LogP contribution in [0, 0.1) is 5.82 Å². The van der Waals surface area contributed by atoms with Gasteiger partial charge in [0.05, 0.1) is 24.7 Å². The van der Waals surface area contributed by atoms with Crippen molar-refractivity contribution in [2.45, 2.75) is 31.8 Å². The third-order valence-electron chi connectivity index (χ3n) is 6.05. The lowest BCUT2D eigenvalue weighted by Gasteiger charge is -2.25. The Morgan fingerprint density at radius 1 is 1.03 bits per heavy atom. The van der Waals surface area contributed by atoms with Crippen LogP contribution in [0.5, 0.6) is 11.5 Å². The average Bonchev–Trinajstić information content (AvgIpc) is 3.30. The van der Waals surface area contributed by atoms with E-state index in [-0.39, 0.29) is 29.7 Å². The molecule has 8 heteroatoms. The lowest BCUT2D eigenvalue weighted by molar-refractivity contribution is -0.131. The van der Waals surface area contributed by atoms with Crippen molar-refractivity contribution in [2.24, 2.45) is 0 Å². The lowest BCUT2D eigenvalue weighted by atomic mass is 10.1. The van der Waals surface area contributed by atoms with E-state index in [1.54, 1.807) is 18.2 Å². The summed E-state index contributed by atoms with van der Waals surface area (Å²) in [4.78, 5) is 27.3. The highest BCUT2D eigenvalue weighted by Gasteiger charge is 2.29. The predicted molar refractivity (Wildman–Crippen MR) is 120 cm³/mol. The molecular weight excluding hydrogens is 425 g/mol. The Hall–Kier alpha value is -3.68. The number of amides is 1. The molecule has 33 heavy (non-hydrogen) atoms. The van der Waals surface area contributed by atoms with Crippen molar-refractivity contribution in [1.82, 2.24) is 14.7 Å². The first-order valence-corrected chi connectivity index (χ1v) is 11.1. The number of hydrogen-bond acceptors (Lipinski definition) is 5. The quantitative estimate of drug-likeness (QED) is 0.599. The van der Waals surface area contributed by atoms with Crippen LogP contribution in [-0.4, -0.2) is 46.4 Å². The van der Waals surface area contributed by atoms with Gasteiger partial charge in [-0.2, -0.15) is 5.10 Å². The van der Waals surface area contributed by atoms with E-state index in [1.807, 2.05) is 23.1 Å². The predicted octanol–water partition coefficient (Wildman–Crippen LogP) is 3.05. The zero-order chi connectivity index (χ0) is 22.8. The molecule has 2 aliphatic heterocycles. The number of likely N-dealkylation sites (tertiary alicyclic amines) is 1. The SMILES string of the molecule is O=C(Cc1ccc(F)cc1)N1CCC[C@H]1Cn1nc(-c2ccc3c(c2)OCCO3)ccc1=O. The minimum atomic E-state index is -0.325. The van der Waals surface area contributed by atoms with Gasteiger partial charge in [0.25, 0.3) is 5.56 Å². The Morgan fingerprint density at radius 3 is 2.64 bits per heavy atom. The molecule has 2 aromatic carbocycles. The topological polar surface area (TPSA) is 73.7 Å². The molecule has 0 radical (unpaired) electrons. The Kier molecular flexibility index (Phi) is 5.81. The van der Waals surface area contributed by atoms with Crippen molar-refractivity contribution in [1.29, 1.82) is 0 Å². The summed E-state index contributed by atoms with van der Waals surface area (Å²) in [7, 11) is 0. The molecule has 3 aromatic rings. The van der Waals surface area contributed by atoms with Crippen LogP contribution in [-0.2, 0) is 17.8 Å². The van der Waals surface area contributed by atoms with Crippen molar-refractivity contribution in [3.8, 4) is 22.8 Å². The van der Waals surface area contributed by atoms with Crippen LogP contribution < -0.4 is 15.0 Å². The van der Waals surface area contributed by atoms with Gasteiger partial charge in [-0.25, -0.2) is 9.07 Å². The van der Waals surface area contributed by atoms with E-state index in [0.717, 1.165) is 24.0 Å². The van der Waals surface area contributed by atoms with E-state index in [1.165, 1.54) is 22.9 Å². The Labute approximate surface area is 190 Å². The number of carbonyl (C=O) groups is 1. The van der Waals surface area contributed by atoms with Crippen LogP contribution in [0.2, 0.25) is 0 Å². The molecule has 0 bridgehead atoms. The van der Waals surface area contributed by atoms with Gasteiger partial charge in [0.15, 0.2) is 11.5 Å². The smallest absolute Gasteiger partial charge is 0.266 e. The molecule has 2 aliphatic rings. The van der Waals surface area contributed by atoms with Gasteiger partial charge >= 0.3 is 0 Å². The van der Waals surface area contributed by atoms with E-state index in [4.69, 9.17) is 9.47 Å². The number of fused-ring (bicyclic) bond motifs is 1. The third-order valence-corrected chi connectivity index (χ3v) is 6.05. The first-order valence-electron chi connectivity index (χ1n) is 11.1. The summed E-state index contributed by atoms with van der Waals surface area (Å²) in [5.41, 5.74) is 2.02. The highest BCUT2D eigenvalue weighted by Crippen LogP contribution is 2.33. The summed E-state index contributed by atoms with van der Waals surface area (Å²) in [6.07, 6.45) is 1.88. The lowest BCUT2D eigenvalue weighted by Crippen LogP contribution is -2.41. The van der Waals surface area contributed by atoms with Crippen molar-refractivity contribution < 1.29 is 18.7 Å². The minimum Gasteiger partial charge on any atom is -0.486 e. The van der Waals surface area contributed by atoms with Crippen LogP contribution >= 0.6 is 0 Å². The molecule has 0 unspecified atom stereocenters. The van der Waals surface area contributed by atoms with Crippen LogP contribution in [0.1, 0.15) is 18.4 Å². The Morgan fingerprint density at radius 2 is 1.82 bits per heavy atom. The zero-order valence-electron chi connectivity index (χ0n) is 18.1. The van der Waals surface area contributed by atoms with Gasteiger partial charge in [-0.3, -0.25) is 9.59 Å². The van der Waals surface area contributed by atoms with Crippen LogP contribution in [0.3, 0.4) is 0 Å². The fourth-order valence-electron chi connectivity index (χ4n) is 4.37. The number of rotatable bonds is 5. The fraction of sp³-hybridized carbons (Fsp3) is 0.320. The monoisotopic (exact) mass is 449 g/mol. The summed E-state index contributed by atoms with van der Waals surface area (Å²) >= 11 is 0. The maximum absolute atomic E-state index is 13.2. The molecule has 3 heterocycles. The van der Waals surface area contributed by atoms with E-state index in [9.17, 15) is 14.0 Å². The highest BCUT2D eigenvalue weighted by molar-refractivity contribution is 5.79. The van der Waals surface area contributed by atoms with E-state index in [2.05, 4.69) is 5.10 Å². The summed E-state index contributed by atoms with van der Waals surface area (Å²) in [5.74, 6) is 1.000. The van der Waals surface area contributed by atoms with Gasteiger partial charge in [0.1, 0.15) is 19.0 Å². The average molecular weight is 449 g/mol. The minimum absolute atomic E-state index is 0.0276. The van der Waals surface area contributed by atoms with Crippen LogP contribution in [0.4, 0.5) is 4.39 Å². The molecule has 1 fully saturated rings. The molecule has 7 nitrogen and oxygen atoms in total. The number of ether oxygens (including phenoxy) is 2. The molecule has 1 aromatic heterocycles. The number of carbonyl (C=O) groups excluding carboxylic acids is 1. The molecule has 1 amide bonds. The number of benzene rings is 2. The number of halogens is 1. The maximum Gasteiger partial charge on any atom is 0.266 e. The van der Waals surface area contributed by atoms with Crippen LogP contribution in [0.25, 0.3) is 11.3 Å². The van der Waals surface area contributed by atoms with Gasteiger partial charge in [-0.05, 0) is 54.8 Å². The van der Waals surface area contributed by atoms with E-state index in [0.29, 0.717) is 43.5 Å². The summed E-state index contributed by atoms with van der Waals surface area (Å²) in [5, 5.41) is 4.57. The number of aromatic nitrogens is 2. The number of nitrogens with zero attached hydrogens (tertiary/aromatic N) is 3. The standard InChI is InChI=1S/C25H24FN3O4/c26-19-6-3-17(4-7-19)14-25(31)28-11-1-2-20(28)16-29-24(30)10-8-21(27-29)18-5-9-22-23(15-18)33-13-12-32-22/h3-10,15,20H,1-2,11-14,16H2/t20-/m0/s1. The maximum atomic E-state index is 13.2. The molecule has 0 saturated carbocycles. The fourth-order valence-corrected chi connectivity index (χ4v) is 4.37. The molecule has 5 rings (SSSR count). The molecule has 1 saturated heterocycles. The molecular formula is C25H24FN3O4. The molecule has 0 N–H and O–H groups in total. The first kappa shape index (κ1) is 21.2. The van der Waals surface area contributed by atoms with Gasteiger partial charge in [-0.15, -0.1) is 0 Å². The molecule has 0 spiro atoms. The Balaban J connectivity index is 1.33.